The molecule has 130 valence electrons. The van der Waals surface area contributed by atoms with E-state index in [0.717, 1.165) is 0 Å². The van der Waals surface area contributed by atoms with E-state index in [1.165, 1.54) is 12.2 Å². The Balaban J connectivity index is 2.26. The minimum atomic E-state index is -1.98. The SMILES string of the molecule is CCOC(=O)C1(C(=O)OCC)C2C=C(C#N)C=CC3=C2OC(=O)C1N3. The monoisotopic (exact) mass is 344 g/mol. The molecule has 1 N–H and O–H groups in total. The summed E-state index contributed by atoms with van der Waals surface area (Å²) in [4.78, 5) is 38.0. The molecule has 0 aromatic carbocycles. The van der Waals surface area contributed by atoms with Gasteiger partial charge in [-0.3, -0.25) is 9.59 Å². The van der Waals surface area contributed by atoms with E-state index < -0.39 is 35.3 Å². The minimum Gasteiger partial charge on any atom is -0.465 e. The Morgan fingerprint density at radius 2 is 1.92 bits per heavy atom. The number of hydrogen-bond acceptors (Lipinski definition) is 8. The first-order chi connectivity index (χ1) is 12.0. The molecule has 1 fully saturated rings. The van der Waals surface area contributed by atoms with Crippen LogP contribution in [-0.4, -0.2) is 37.2 Å². The first-order valence-electron chi connectivity index (χ1n) is 7.87. The highest BCUT2D eigenvalue weighted by molar-refractivity contribution is 6.08. The summed E-state index contributed by atoms with van der Waals surface area (Å²) < 4.78 is 15.5. The molecule has 0 aromatic rings. The van der Waals surface area contributed by atoms with Crippen molar-refractivity contribution in [1.82, 2.24) is 5.32 Å². The van der Waals surface area contributed by atoms with Crippen LogP contribution in [0.4, 0.5) is 0 Å². The van der Waals surface area contributed by atoms with Gasteiger partial charge >= 0.3 is 17.9 Å². The number of carbonyl (C=O) groups excluding carboxylic acids is 3. The third kappa shape index (κ3) is 2.23. The van der Waals surface area contributed by atoms with E-state index in [1.54, 1.807) is 19.9 Å². The number of esters is 3. The maximum absolute atomic E-state index is 12.9. The molecule has 8 heteroatoms. The Bertz CT molecular complexity index is 767. The zero-order valence-electron chi connectivity index (χ0n) is 13.7. The van der Waals surface area contributed by atoms with Gasteiger partial charge in [-0.2, -0.15) is 5.26 Å². The van der Waals surface area contributed by atoms with Gasteiger partial charge in [0.1, 0.15) is 5.76 Å². The normalized spacial score (nSPS) is 25.2. The zero-order valence-corrected chi connectivity index (χ0v) is 13.7. The molecule has 1 saturated heterocycles. The molecule has 8 nitrogen and oxygen atoms in total. The third-order valence-electron chi connectivity index (χ3n) is 4.37. The second-order valence-electron chi connectivity index (χ2n) is 5.63. The summed E-state index contributed by atoms with van der Waals surface area (Å²) in [6.07, 6.45) is 4.53. The highest BCUT2D eigenvalue weighted by atomic mass is 16.6. The highest BCUT2D eigenvalue weighted by Gasteiger charge is 2.69. The van der Waals surface area contributed by atoms with Crippen molar-refractivity contribution in [2.75, 3.05) is 13.2 Å². The van der Waals surface area contributed by atoms with Crippen LogP contribution < -0.4 is 5.32 Å². The molecular weight excluding hydrogens is 328 g/mol. The van der Waals surface area contributed by atoms with Gasteiger partial charge in [-0.05, 0) is 26.0 Å². The predicted molar refractivity (Wildman–Crippen MR) is 82.1 cm³/mol. The summed E-state index contributed by atoms with van der Waals surface area (Å²) in [6.45, 7) is 3.24. The number of nitrogens with one attached hydrogen (secondary N) is 1. The number of rotatable bonds is 4. The van der Waals surface area contributed by atoms with Crippen molar-refractivity contribution < 1.29 is 28.6 Å². The maximum Gasteiger partial charge on any atom is 0.335 e. The summed E-state index contributed by atoms with van der Waals surface area (Å²) in [5.74, 6) is -3.42. The number of fused-ring (bicyclic) bond motifs is 1. The smallest absolute Gasteiger partial charge is 0.335 e. The summed E-state index contributed by atoms with van der Waals surface area (Å²) >= 11 is 0. The van der Waals surface area contributed by atoms with Crippen LogP contribution in [-0.2, 0) is 28.6 Å². The third-order valence-corrected chi connectivity index (χ3v) is 4.37. The number of hydrogen-bond donors (Lipinski definition) is 1. The highest BCUT2D eigenvalue weighted by Crippen LogP contribution is 2.50. The molecule has 0 saturated carbocycles. The number of allylic oxidation sites excluding steroid dienone is 4. The Hall–Kier alpha value is -3.08. The number of carbonyl (C=O) groups is 3. The van der Waals surface area contributed by atoms with Gasteiger partial charge in [0.2, 0.25) is 5.41 Å². The van der Waals surface area contributed by atoms with E-state index in [0.29, 0.717) is 5.70 Å². The molecule has 4 rings (SSSR count). The van der Waals surface area contributed by atoms with Crippen LogP contribution in [0.15, 0.2) is 35.3 Å². The van der Waals surface area contributed by atoms with Gasteiger partial charge < -0.3 is 19.5 Å². The van der Waals surface area contributed by atoms with Crippen molar-refractivity contribution in [3.63, 3.8) is 0 Å². The summed E-state index contributed by atoms with van der Waals surface area (Å²) in [6, 6.07) is 0.678. The lowest BCUT2D eigenvalue weighted by molar-refractivity contribution is -0.190. The van der Waals surface area contributed by atoms with E-state index in [1.807, 2.05) is 6.07 Å². The van der Waals surface area contributed by atoms with Gasteiger partial charge in [0.15, 0.2) is 6.04 Å². The Morgan fingerprint density at radius 3 is 2.48 bits per heavy atom. The van der Waals surface area contributed by atoms with Gasteiger partial charge in [0.25, 0.3) is 0 Å². The largest absolute Gasteiger partial charge is 0.465 e. The summed E-state index contributed by atoms with van der Waals surface area (Å²) in [5.41, 5.74) is -1.30. The van der Waals surface area contributed by atoms with E-state index in [2.05, 4.69) is 5.32 Å². The summed E-state index contributed by atoms with van der Waals surface area (Å²) in [7, 11) is 0. The van der Waals surface area contributed by atoms with Crippen LogP contribution in [0.3, 0.4) is 0 Å². The molecule has 4 aliphatic rings. The Morgan fingerprint density at radius 1 is 1.28 bits per heavy atom. The van der Waals surface area contributed by atoms with Gasteiger partial charge in [-0.25, -0.2) is 4.79 Å². The molecular formula is C17H16N2O6. The van der Waals surface area contributed by atoms with Crippen LogP contribution in [0, 0.1) is 22.7 Å². The first-order valence-corrected chi connectivity index (χ1v) is 7.87. The molecule has 0 aromatic heterocycles. The Labute approximate surface area is 143 Å². The van der Waals surface area contributed by atoms with Gasteiger partial charge in [-0.15, -0.1) is 0 Å². The first kappa shape index (κ1) is 16.8. The second kappa shape index (κ2) is 6.09. The number of nitrogens with zero attached hydrogens (tertiary/aromatic N) is 1. The number of ether oxygens (including phenoxy) is 3. The van der Waals surface area contributed by atoms with E-state index in [-0.39, 0.29) is 24.5 Å². The van der Waals surface area contributed by atoms with Crippen LogP contribution in [0.5, 0.6) is 0 Å². The molecule has 3 heterocycles. The average Bonchev–Trinajstić information content (AvgIpc) is 2.72. The van der Waals surface area contributed by atoms with Crippen molar-refractivity contribution in [2.24, 2.45) is 11.3 Å². The van der Waals surface area contributed by atoms with Gasteiger partial charge in [0, 0.05) is 5.57 Å². The molecule has 3 aliphatic heterocycles. The van der Waals surface area contributed by atoms with Crippen LogP contribution in [0.25, 0.3) is 0 Å². The van der Waals surface area contributed by atoms with E-state index in [4.69, 9.17) is 14.2 Å². The van der Waals surface area contributed by atoms with E-state index in [9.17, 15) is 19.6 Å². The van der Waals surface area contributed by atoms with Crippen molar-refractivity contribution in [2.45, 2.75) is 19.9 Å². The van der Waals surface area contributed by atoms with E-state index >= 15 is 0 Å². The fourth-order valence-electron chi connectivity index (χ4n) is 3.32. The molecule has 2 unspecified atom stereocenters. The topological polar surface area (TPSA) is 115 Å². The van der Waals surface area contributed by atoms with Gasteiger partial charge in [0.05, 0.1) is 30.9 Å². The second-order valence-corrected chi connectivity index (χ2v) is 5.63. The van der Waals surface area contributed by atoms with Crippen LogP contribution in [0.1, 0.15) is 13.8 Å². The zero-order chi connectivity index (χ0) is 18.2. The van der Waals surface area contributed by atoms with Crippen molar-refractivity contribution in [3.05, 3.63) is 35.3 Å². The van der Waals surface area contributed by atoms with Crippen molar-refractivity contribution in [3.8, 4) is 6.07 Å². The predicted octanol–water partition coefficient (Wildman–Crippen LogP) is 0.475. The van der Waals surface area contributed by atoms with Crippen molar-refractivity contribution in [1.29, 1.82) is 5.26 Å². The van der Waals surface area contributed by atoms with Gasteiger partial charge in [-0.1, -0.05) is 6.08 Å². The number of nitriles is 1. The molecule has 25 heavy (non-hydrogen) atoms. The molecule has 2 atom stereocenters. The maximum atomic E-state index is 12.9. The van der Waals surface area contributed by atoms with Crippen LogP contribution in [0.2, 0.25) is 0 Å². The molecule has 0 radical (unpaired) electrons. The lowest BCUT2D eigenvalue weighted by Gasteiger charge is -2.47. The van der Waals surface area contributed by atoms with Crippen LogP contribution >= 0.6 is 0 Å². The van der Waals surface area contributed by atoms with Crippen molar-refractivity contribution >= 4 is 17.9 Å². The minimum absolute atomic E-state index is 0.0213. The molecule has 0 spiro atoms. The Kier molecular flexibility index (Phi) is 4.08. The fraction of sp³-hybridized carbons (Fsp3) is 0.412. The fourth-order valence-corrected chi connectivity index (χ4v) is 3.32. The molecule has 1 aliphatic carbocycles. The molecule has 4 bridgehead atoms. The summed E-state index contributed by atoms with van der Waals surface area (Å²) in [5, 5.41) is 12.1. The standard InChI is InChI=1S/C17H16N2O6/c1-3-23-15(21)17(16(22)24-4-2)10-7-9(8-18)5-6-11-12(10)25-14(20)13(17)19-11/h5-7,10,13,19H,3-4H2,1-2H3. The lowest BCUT2D eigenvalue weighted by Crippen LogP contribution is -2.69. The molecule has 0 amide bonds. The average molecular weight is 344 g/mol. The lowest BCUT2D eigenvalue weighted by atomic mass is 9.64. The quantitative estimate of drug-likeness (QED) is 0.445.